The topological polar surface area (TPSA) is 98.0 Å². The van der Waals surface area contributed by atoms with E-state index in [4.69, 9.17) is 0 Å². The Labute approximate surface area is 137 Å². The molecule has 0 atom stereocenters. The average Bonchev–Trinajstić information content (AvgIpc) is 2.44. The van der Waals surface area contributed by atoms with Crippen molar-refractivity contribution in [3.63, 3.8) is 0 Å². The first kappa shape index (κ1) is 14.4. The zero-order chi connectivity index (χ0) is 17.2. The van der Waals surface area contributed by atoms with Crippen LogP contribution in [0.3, 0.4) is 0 Å². The van der Waals surface area contributed by atoms with Crippen LogP contribution in [0.2, 0.25) is 0 Å². The third kappa shape index (κ3) is 1.84. The molecular weight excluding hydrogens is 308 g/mol. The van der Waals surface area contributed by atoms with Gasteiger partial charge in [0.2, 0.25) is 5.78 Å². The molecule has 4 N–H and O–H groups in total. The van der Waals surface area contributed by atoms with Gasteiger partial charge in [0.1, 0.15) is 23.0 Å². The summed E-state index contributed by atoms with van der Waals surface area (Å²) in [4.78, 5) is 12.8. The van der Waals surface area contributed by atoms with E-state index in [2.05, 4.69) is 0 Å². The van der Waals surface area contributed by atoms with Gasteiger partial charge in [-0.25, -0.2) is 0 Å². The number of carbonyl (C=O) groups excluding carboxylic acids is 1. The summed E-state index contributed by atoms with van der Waals surface area (Å²) < 4.78 is 0. The summed E-state index contributed by atoms with van der Waals surface area (Å²) in [6.45, 7) is 1.74. The van der Waals surface area contributed by atoms with Gasteiger partial charge in [-0.3, -0.25) is 4.79 Å². The van der Waals surface area contributed by atoms with E-state index >= 15 is 0 Å². The molecule has 0 amide bonds. The molecule has 0 spiro atoms. The molecule has 3 aromatic rings. The Morgan fingerprint density at radius 1 is 0.833 bits per heavy atom. The number of phenols is 4. The highest BCUT2D eigenvalue weighted by atomic mass is 16.3. The number of benzene rings is 3. The summed E-state index contributed by atoms with van der Waals surface area (Å²) in [6.07, 6.45) is 0.288. The molecule has 0 unspecified atom stereocenters. The number of rotatable bonds is 0. The summed E-state index contributed by atoms with van der Waals surface area (Å²) in [5.41, 5.74) is 2.00. The van der Waals surface area contributed by atoms with E-state index in [0.717, 1.165) is 6.07 Å². The Hall–Kier alpha value is -3.21. The molecule has 0 fully saturated rings. The zero-order valence-corrected chi connectivity index (χ0v) is 12.8. The molecule has 0 aliphatic heterocycles. The first-order valence-electron chi connectivity index (χ1n) is 7.44. The molecule has 1 aliphatic carbocycles. The third-order valence-corrected chi connectivity index (χ3v) is 4.49. The molecule has 24 heavy (non-hydrogen) atoms. The minimum Gasteiger partial charge on any atom is -0.508 e. The number of aromatic hydroxyl groups is 4. The zero-order valence-electron chi connectivity index (χ0n) is 12.8. The lowest BCUT2D eigenvalue weighted by Crippen LogP contribution is -2.16. The average molecular weight is 322 g/mol. The first-order chi connectivity index (χ1) is 11.4. The minimum absolute atomic E-state index is 0.0807. The smallest absolute Gasteiger partial charge is 0.201 e. The van der Waals surface area contributed by atoms with E-state index < -0.39 is 5.78 Å². The van der Waals surface area contributed by atoms with Crippen LogP contribution in [-0.4, -0.2) is 26.2 Å². The maximum absolute atomic E-state index is 12.8. The summed E-state index contributed by atoms with van der Waals surface area (Å²) in [5.74, 6) is -0.973. The second-order valence-corrected chi connectivity index (χ2v) is 6.12. The summed E-state index contributed by atoms with van der Waals surface area (Å²) in [6, 6.07) is 7.35. The monoisotopic (exact) mass is 322 g/mol. The number of carbonyl (C=O) groups is 1. The normalized spacial score (nSPS) is 13.0. The van der Waals surface area contributed by atoms with Crippen molar-refractivity contribution in [3.8, 4) is 23.0 Å². The molecule has 0 heterocycles. The highest BCUT2D eigenvalue weighted by Crippen LogP contribution is 2.43. The van der Waals surface area contributed by atoms with E-state index in [0.29, 0.717) is 27.5 Å². The van der Waals surface area contributed by atoms with E-state index in [1.807, 2.05) is 0 Å². The Morgan fingerprint density at radius 3 is 2.25 bits per heavy atom. The van der Waals surface area contributed by atoms with Crippen LogP contribution in [0.1, 0.15) is 32.6 Å². The predicted molar refractivity (Wildman–Crippen MR) is 88.0 cm³/mol. The number of phenolic OH excluding ortho intramolecular Hbond substituents is 4. The second kappa shape index (κ2) is 4.64. The molecule has 4 rings (SSSR count). The van der Waals surface area contributed by atoms with Gasteiger partial charge in [0.05, 0.1) is 11.1 Å². The van der Waals surface area contributed by atoms with Crippen LogP contribution in [0.4, 0.5) is 0 Å². The van der Waals surface area contributed by atoms with Gasteiger partial charge in [-0.1, -0.05) is 0 Å². The quantitative estimate of drug-likeness (QED) is 0.399. The van der Waals surface area contributed by atoms with Crippen LogP contribution in [0.5, 0.6) is 23.0 Å². The molecule has 0 bridgehead atoms. The van der Waals surface area contributed by atoms with Crippen molar-refractivity contribution in [2.24, 2.45) is 0 Å². The molecule has 0 aromatic heterocycles. The van der Waals surface area contributed by atoms with Crippen LogP contribution in [0, 0.1) is 6.92 Å². The van der Waals surface area contributed by atoms with Crippen molar-refractivity contribution in [1.82, 2.24) is 0 Å². The molecule has 0 saturated heterocycles. The van der Waals surface area contributed by atoms with Crippen LogP contribution < -0.4 is 0 Å². The second-order valence-electron chi connectivity index (χ2n) is 6.12. The fourth-order valence-electron chi connectivity index (χ4n) is 3.56. The SMILES string of the molecule is Cc1cc(O)cc2cc3c(c(O)c12)C(=O)c1c(O)cc(O)cc1C3. The van der Waals surface area contributed by atoms with Crippen molar-refractivity contribution < 1.29 is 25.2 Å². The number of hydrogen-bond acceptors (Lipinski definition) is 5. The Kier molecular flexibility index (Phi) is 2.78. The first-order valence-corrected chi connectivity index (χ1v) is 7.44. The fourth-order valence-corrected chi connectivity index (χ4v) is 3.56. The standard InChI is InChI=1S/C19H14O5/c1-8-2-12(20)5-10-3-9-4-11-6-13(21)7-14(22)16(11)19(24)17(9)18(23)15(8)10/h2-3,5-7,20-23H,4H2,1H3. The van der Waals surface area contributed by atoms with E-state index in [1.165, 1.54) is 18.2 Å². The Morgan fingerprint density at radius 2 is 1.50 bits per heavy atom. The number of ketones is 1. The van der Waals surface area contributed by atoms with E-state index in [1.54, 1.807) is 13.0 Å². The van der Waals surface area contributed by atoms with Gasteiger partial charge in [-0.2, -0.15) is 0 Å². The largest absolute Gasteiger partial charge is 0.508 e. The van der Waals surface area contributed by atoms with Crippen molar-refractivity contribution in [2.75, 3.05) is 0 Å². The van der Waals surface area contributed by atoms with Gasteiger partial charge in [0, 0.05) is 11.5 Å². The van der Waals surface area contributed by atoms with Gasteiger partial charge >= 0.3 is 0 Å². The maximum atomic E-state index is 12.8. The molecule has 3 aromatic carbocycles. The lowest BCUT2D eigenvalue weighted by molar-refractivity contribution is 0.103. The molecule has 5 heteroatoms. The number of hydrogen-bond donors (Lipinski definition) is 4. The third-order valence-electron chi connectivity index (χ3n) is 4.49. The van der Waals surface area contributed by atoms with E-state index in [-0.39, 0.29) is 40.5 Å². The minimum atomic E-state index is -0.476. The van der Waals surface area contributed by atoms with Crippen LogP contribution >= 0.6 is 0 Å². The number of fused-ring (bicyclic) bond motifs is 3. The van der Waals surface area contributed by atoms with Gasteiger partial charge in [0.25, 0.3) is 0 Å². The number of aryl methyl sites for hydroxylation is 1. The fraction of sp³-hybridized carbons (Fsp3) is 0.105. The van der Waals surface area contributed by atoms with Gasteiger partial charge < -0.3 is 20.4 Å². The molecule has 0 radical (unpaired) electrons. The Balaban J connectivity index is 2.07. The van der Waals surface area contributed by atoms with Gasteiger partial charge in [-0.05, 0) is 59.7 Å². The van der Waals surface area contributed by atoms with Crippen LogP contribution in [0.15, 0.2) is 30.3 Å². The molecule has 120 valence electrons. The summed E-state index contributed by atoms with van der Waals surface area (Å²) in [5, 5.41) is 41.3. The van der Waals surface area contributed by atoms with Crippen molar-refractivity contribution in [2.45, 2.75) is 13.3 Å². The molecular formula is C19H14O5. The van der Waals surface area contributed by atoms with Gasteiger partial charge in [0.15, 0.2) is 0 Å². The highest BCUT2D eigenvalue weighted by Gasteiger charge is 2.30. The molecule has 5 nitrogen and oxygen atoms in total. The summed E-state index contributed by atoms with van der Waals surface area (Å²) in [7, 11) is 0. The molecule has 0 saturated carbocycles. The summed E-state index contributed by atoms with van der Waals surface area (Å²) >= 11 is 0. The lowest BCUT2D eigenvalue weighted by atomic mass is 9.82. The lowest BCUT2D eigenvalue weighted by Gasteiger charge is -2.22. The van der Waals surface area contributed by atoms with Crippen LogP contribution in [-0.2, 0) is 6.42 Å². The maximum Gasteiger partial charge on any atom is 0.201 e. The highest BCUT2D eigenvalue weighted by molar-refractivity contribution is 6.18. The predicted octanol–water partition coefficient (Wildman–Crippen LogP) is 3.11. The van der Waals surface area contributed by atoms with E-state index in [9.17, 15) is 25.2 Å². The van der Waals surface area contributed by atoms with Crippen molar-refractivity contribution in [1.29, 1.82) is 0 Å². The van der Waals surface area contributed by atoms with Gasteiger partial charge in [-0.15, -0.1) is 0 Å². The van der Waals surface area contributed by atoms with Crippen molar-refractivity contribution >= 4 is 16.6 Å². The van der Waals surface area contributed by atoms with Crippen molar-refractivity contribution in [3.05, 3.63) is 58.1 Å². The molecule has 1 aliphatic rings. The van der Waals surface area contributed by atoms with Crippen LogP contribution in [0.25, 0.3) is 10.8 Å². The Bertz CT molecular complexity index is 1050.